The molecule has 1 atom stereocenters. The smallest absolute Gasteiger partial charge is 0.149 e. The summed E-state index contributed by atoms with van der Waals surface area (Å²) in [5, 5.41) is 0.762. The summed E-state index contributed by atoms with van der Waals surface area (Å²) in [6, 6.07) is 0. The molecule has 0 aliphatic carbocycles. The maximum atomic E-state index is 5.95. The molecule has 5 heteroatoms. The molecule has 0 fully saturated rings. The van der Waals surface area contributed by atoms with Crippen LogP contribution in [0.2, 0.25) is 0 Å². The van der Waals surface area contributed by atoms with Crippen LogP contribution >= 0.6 is 22.9 Å². The minimum absolute atomic E-state index is 0.209. The van der Waals surface area contributed by atoms with E-state index < -0.39 is 0 Å². The molecule has 2 aromatic rings. The van der Waals surface area contributed by atoms with Gasteiger partial charge in [0.25, 0.3) is 0 Å². The van der Waals surface area contributed by atoms with Crippen molar-refractivity contribution in [3.8, 4) is 0 Å². The van der Waals surface area contributed by atoms with E-state index in [2.05, 4.69) is 16.9 Å². The molecule has 0 aromatic carbocycles. The first kappa shape index (κ1) is 10.6. The third-order valence-corrected chi connectivity index (χ3v) is 3.73. The van der Waals surface area contributed by atoms with Crippen LogP contribution < -0.4 is 5.73 Å². The number of fused-ring (bicyclic) bond motifs is 1. The second-order valence-corrected chi connectivity index (χ2v) is 5.40. The number of nitrogen functional groups attached to an aromatic ring is 1. The van der Waals surface area contributed by atoms with Gasteiger partial charge in [0.1, 0.15) is 16.5 Å². The zero-order chi connectivity index (χ0) is 11.2. The molecule has 0 bridgehead atoms. The van der Waals surface area contributed by atoms with Crippen molar-refractivity contribution in [3.05, 3.63) is 16.3 Å². The molecule has 2 aromatic heterocycles. The van der Waals surface area contributed by atoms with Gasteiger partial charge in [-0.15, -0.1) is 22.9 Å². The molecule has 80 valence electrons. The summed E-state index contributed by atoms with van der Waals surface area (Å²) in [6.07, 6.45) is 0. The highest BCUT2D eigenvalue weighted by Gasteiger charge is 2.14. The number of rotatable bonds is 1. The van der Waals surface area contributed by atoms with Crippen molar-refractivity contribution in [2.75, 3.05) is 5.73 Å². The normalized spacial score (nSPS) is 13.3. The Morgan fingerprint density at radius 2 is 2.00 bits per heavy atom. The molecule has 2 N–H and O–H groups in total. The second kappa shape index (κ2) is 3.61. The number of hydrogen-bond acceptors (Lipinski definition) is 4. The lowest BCUT2D eigenvalue weighted by Crippen LogP contribution is -2.00. The predicted molar refractivity (Wildman–Crippen MR) is 65.6 cm³/mol. The first-order valence-corrected chi connectivity index (χ1v) is 5.93. The highest BCUT2D eigenvalue weighted by molar-refractivity contribution is 7.18. The SMILES string of the molecule is Cc1sc2nc([C@@H](C)Cl)nc(N)c2c1C. The van der Waals surface area contributed by atoms with E-state index in [0.717, 1.165) is 10.2 Å². The summed E-state index contributed by atoms with van der Waals surface area (Å²) in [5.41, 5.74) is 7.07. The zero-order valence-corrected chi connectivity index (χ0v) is 10.4. The van der Waals surface area contributed by atoms with E-state index in [4.69, 9.17) is 17.3 Å². The lowest BCUT2D eigenvalue weighted by Gasteiger charge is -2.03. The van der Waals surface area contributed by atoms with Gasteiger partial charge in [0.15, 0.2) is 0 Å². The fourth-order valence-corrected chi connectivity index (χ4v) is 2.62. The molecule has 15 heavy (non-hydrogen) atoms. The highest BCUT2D eigenvalue weighted by Crippen LogP contribution is 2.33. The summed E-state index contributed by atoms with van der Waals surface area (Å²) < 4.78 is 0. The number of halogens is 1. The molecule has 0 aliphatic heterocycles. The number of aromatic nitrogens is 2. The number of hydrogen-bond donors (Lipinski definition) is 1. The molecule has 2 rings (SSSR count). The van der Waals surface area contributed by atoms with Crippen molar-refractivity contribution < 1.29 is 0 Å². The fraction of sp³-hybridized carbons (Fsp3) is 0.400. The van der Waals surface area contributed by atoms with E-state index in [-0.39, 0.29) is 5.38 Å². The molecule has 0 saturated heterocycles. The van der Waals surface area contributed by atoms with Crippen LogP contribution in [0.1, 0.15) is 28.6 Å². The summed E-state index contributed by atoms with van der Waals surface area (Å²) >= 11 is 7.58. The van der Waals surface area contributed by atoms with Gasteiger partial charge >= 0.3 is 0 Å². The average molecular weight is 242 g/mol. The Hall–Kier alpha value is -0.870. The summed E-state index contributed by atoms with van der Waals surface area (Å²) in [4.78, 5) is 10.8. The van der Waals surface area contributed by atoms with Gasteiger partial charge in [-0.2, -0.15) is 0 Å². The summed E-state index contributed by atoms with van der Waals surface area (Å²) in [6.45, 7) is 5.94. The standard InChI is InChI=1S/C10H12ClN3S/c1-4-6(3)15-10-7(4)8(12)13-9(14-10)5(2)11/h5H,1-3H3,(H2,12,13,14)/t5-/m1/s1. The van der Waals surface area contributed by atoms with Crippen LogP contribution in [0, 0.1) is 13.8 Å². The van der Waals surface area contributed by atoms with Crippen molar-refractivity contribution in [1.29, 1.82) is 0 Å². The Balaban J connectivity index is 2.78. The molecule has 3 nitrogen and oxygen atoms in total. The molecule has 2 heterocycles. The van der Waals surface area contributed by atoms with E-state index in [0.29, 0.717) is 11.6 Å². The van der Waals surface area contributed by atoms with Gasteiger partial charge in [-0.05, 0) is 26.3 Å². The fourth-order valence-electron chi connectivity index (χ4n) is 1.48. The molecule has 0 unspecified atom stereocenters. The lowest BCUT2D eigenvalue weighted by molar-refractivity contribution is 0.935. The lowest BCUT2D eigenvalue weighted by atomic mass is 10.2. The number of aryl methyl sites for hydroxylation is 2. The van der Waals surface area contributed by atoms with Gasteiger partial charge < -0.3 is 5.73 Å². The Morgan fingerprint density at radius 3 is 2.60 bits per heavy atom. The van der Waals surface area contributed by atoms with Crippen LogP contribution in [-0.2, 0) is 0 Å². The Bertz CT molecular complexity index is 519. The quantitative estimate of drug-likeness (QED) is 0.781. The van der Waals surface area contributed by atoms with Crippen LogP contribution in [0.5, 0.6) is 0 Å². The summed E-state index contributed by atoms with van der Waals surface area (Å²) in [5.74, 6) is 1.13. The minimum Gasteiger partial charge on any atom is -0.383 e. The van der Waals surface area contributed by atoms with Crippen LogP contribution in [0.25, 0.3) is 10.2 Å². The van der Waals surface area contributed by atoms with Crippen molar-refractivity contribution >= 4 is 39.0 Å². The Kier molecular flexibility index (Phi) is 2.56. The van der Waals surface area contributed by atoms with E-state index in [9.17, 15) is 0 Å². The monoisotopic (exact) mass is 241 g/mol. The molecule has 0 radical (unpaired) electrons. The molecule has 0 saturated carbocycles. The molecule has 0 amide bonds. The van der Waals surface area contributed by atoms with E-state index in [1.54, 1.807) is 11.3 Å². The topological polar surface area (TPSA) is 51.8 Å². The Labute approximate surface area is 97.3 Å². The maximum absolute atomic E-state index is 5.95. The van der Waals surface area contributed by atoms with Gasteiger partial charge in [-0.25, -0.2) is 9.97 Å². The highest BCUT2D eigenvalue weighted by atomic mass is 35.5. The van der Waals surface area contributed by atoms with Crippen molar-refractivity contribution in [2.45, 2.75) is 26.1 Å². The van der Waals surface area contributed by atoms with E-state index in [1.807, 2.05) is 13.8 Å². The van der Waals surface area contributed by atoms with Crippen molar-refractivity contribution in [3.63, 3.8) is 0 Å². The van der Waals surface area contributed by atoms with Gasteiger partial charge in [0, 0.05) is 4.88 Å². The molecule has 0 aliphatic rings. The number of nitrogens with two attached hydrogens (primary N) is 1. The number of alkyl halides is 1. The predicted octanol–water partition coefficient (Wildman–Crippen LogP) is 3.19. The van der Waals surface area contributed by atoms with Gasteiger partial charge in [-0.1, -0.05) is 0 Å². The van der Waals surface area contributed by atoms with Crippen LogP contribution in [0.4, 0.5) is 5.82 Å². The summed E-state index contributed by atoms with van der Waals surface area (Å²) in [7, 11) is 0. The number of anilines is 1. The third-order valence-electron chi connectivity index (χ3n) is 2.43. The Morgan fingerprint density at radius 1 is 1.33 bits per heavy atom. The van der Waals surface area contributed by atoms with Gasteiger partial charge in [0.2, 0.25) is 0 Å². The van der Waals surface area contributed by atoms with Crippen molar-refractivity contribution in [1.82, 2.24) is 9.97 Å². The first-order chi connectivity index (χ1) is 7.00. The zero-order valence-electron chi connectivity index (χ0n) is 8.84. The second-order valence-electron chi connectivity index (χ2n) is 3.55. The van der Waals surface area contributed by atoms with Crippen LogP contribution in [0.15, 0.2) is 0 Å². The first-order valence-electron chi connectivity index (χ1n) is 4.68. The van der Waals surface area contributed by atoms with E-state index >= 15 is 0 Å². The molecular weight excluding hydrogens is 230 g/mol. The van der Waals surface area contributed by atoms with E-state index in [1.165, 1.54) is 10.4 Å². The molecule has 0 spiro atoms. The van der Waals surface area contributed by atoms with Gasteiger partial charge in [-0.3, -0.25) is 0 Å². The third kappa shape index (κ3) is 1.68. The van der Waals surface area contributed by atoms with Crippen LogP contribution in [-0.4, -0.2) is 9.97 Å². The number of nitrogens with zero attached hydrogens (tertiary/aromatic N) is 2. The van der Waals surface area contributed by atoms with Crippen LogP contribution in [0.3, 0.4) is 0 Å². The maximum Gasteiger partial charge on any atom is 0.149 e. The van der Waals surface area contributed by atoms with Gasteiger partial charge in [0.05, 0.1) is 10.8 Å². The van der Waals surface area contributed by atoms with Crippen molar-refractivity contribution in [2.24, 2.45) is 0 Å². The minimum atomic E-state index is -0.209. The average Bonchev–Trinajstić information content (AvgIpc) is 2.42. The number of thiophene rings is 1. The largest absolute Gasteiger partial charge is 0.383 e. The molecular formula is C10H12ClN3S.